The highest BCUT2D eigenvalue weighted by Crippen LogP contribution is 2.31. The minimum Gasteiger partial charge on any atom is -0.381 e. The summed E-state index contributed by atoms with van der Waals surface area (Å²) in [5, 5.41) is 5.52. The summed E-state index contributed by atoms with van der Waals surface area (Å²) >= 11 is 0. The van der Waals surface area contributed by atoms with E-state index in [2.05, 4.69) is 10.6 Å². The molecule has 0 saturated carbocycles. The molecule has 5 rings (SSSR count). The van der Waals surface area contributed by atoms with Gasteiger partial charge in [-0.2, -0.15) is 0 Å². The van der Waals surface area contributed by atoms with Crippen LogP contribution in [0.3, 0.4) is 0 Å². The standard InChI is InChI=1S/C26H27N3O5/c30-22-9-8-21(25(32)27-22)29-15-19-14-18(6-7-20(19)26(29)33)24(31)28-23(16-4-2-1-3-5-16)17-10-12-34-13-11-17/h1-7,14,17,21,23H,8-13,15H2,(H,28,31)(H,27,30,32)/t21?,23-/m0/s1. The van der Waals surface area contributed by atoms with Crippen molar-refractivity contribution in [3.63, 3.8) is 0 Å². The molecule has 34 heavy (non-hydrogen) atoms. The third-order valence-corrected chi connectivity index (χ3v) is 6.97. The van der Waals surface area contributed by atoms with E-state index in [0.29, 0.717) is 36.3 Å². The Morgan fingerprint density at radius 3 is 2.53 bits per heavy atom. The Kier molecular flexibility index (Phi) is 6.15. The van der Waals surface area contributed by atoms with Crippen LogP contribution in [0.2, 0.25) is 0 Å². The van der Waals surface area contributed by atoms with Gasteiger partial charge in [0.05, 0.1) is 6.04 Å². The molecule has 2 aromatic rings. The second-order valence-electron chi connectivity index (χ2n) is 9.08. The van der Waals surface area contributed by atoms with Gasteiger partial charge in [0.2, 0.25) is 11.8 Å². The van der Waals surface area contributed by atoms with Gasteiger partial charge in [0.15, 0.2) is 0 Å². The smallest absolute Gasteiger partial charge is 0.255 e. The van der Waals surface area contributed by atoms with Gasteiger partial charge in [-0.05, 0) is 54.5 Å². The number of nitrogens with one attached hydrogen (secondary N) is 2. The van der Waals surface area contributed by atoms with E-state index >= 15 is 0 Å². The van der Waals surface area contributed by atoms with Crippen molar-refractivity contribution < 1.29 is 23.9 Å². The molecule has 8 nitrogen and oxygen atoms in total. The highest BCUT2D eigenvalue weighted by Gasteiger charge is 2.39. The van der Waals surface area contributed by atoms with Gasteiger partial charge in [0, 0.05) is 37.3 Å². The van der Waals surface area contributed by atoms with Gasteiger partial charge in [0.25, 0.3) is 11.8 Å². The molecule has 176 valence electrons. The third kappa shape index (κ3) is 4.33. The molecule has 3 aliphatic heterocycles. The molecule has 2 aromatic carbocycles. The van der Waals surface area contributed by atoms with Crippen LogP contribution in [-0.2, 0) is 20.9 Å². The van der Waals surface area contributed by atoms with Gasteiger partial charge >= 0.3 is 0 Å². The van der Waals surface area contributed by atoms with Crippen molar-refractivity contribution in [2.75, 3.05) is 13.2 Å². The molecule has 0 spiro atoms. The minimum absolute atomic E-state index is 0.132. The van der Waals surface area contributed by atoms with Gasteiger partial charge in [-0.3, -0.25) is 24.5 Å². The fourth-order valence-corrected chi connectivity index (χ4v) is 5.12. The number of nitrogens with zero attached hydrogens (tertiary/aromatic N) is 1. The molecule has 0 bridgehead atoms. The van der Waals surface area contributed by atoms with E-state index in [9.17, 15) is 19.2 Å². The number of hydrogen-bond acceptors (Lipinski definition) is 5. The van der Waals surface area contributed by atoms with Crippen molar-refractivity contribution in [2.24, 2.45) is 5.92 Å². The number of fused-ring (bicyclic) bond motifs is 1. The highest BCUT2D eigenvalue weighted by atomic mass is 16.5. The van der Waals surface area contributed by atoms with Crippen molar-refractivity contribution >= 4 is 23.6 Å². The molecule has 0 radical (unpaired) electrons. The summed E-state index contributed by atoms with van der Waals surface area (Å²) in [5.74, 6) is -0.936. The van der Waals surface area contributed by atoms with E-state index in [0.717, 1.165) is 18.4 Å². The summed E-state index contributed by atoms with van der Waals surface area (Å²) in [4.78, 5) is 51.4. The van der Waals surface area contributed by atoms with Crippen molar-refractivity contribution in [3.05, 3.63) is 70.8 Å². The maximum atomic E-state index is 13.3. The maximum absolute atomic E-state index is 13.3. The van der Waals surface area contributed by atoms with Crippen LogP contribution in [0.15, 0.2) is 48.5 Å². The Labute approximate surface area is 197 Å². The highest BCUT2D eigenvalue weighted by molar-refractivity contribution is 6.06. The summed E-state index contributed by atoms with van der Waals surface area (Å²) in [5.41, 5.74) is 2.74. The molecular formula is C26H27N3O5. The normalized spacial score (nSPS) is 21.7. The molecule has 2 atom stereocenters. The molecule has 0 aliphatic carbocycles. The Balaban J connectivity index is 1.34. The Hall–Kier alpha value is -3.52. The summed E-state index contributed by atoms with van der Waals surface area (Å²) in [6.45, 7) is 1.60. The summed E-state index contributed by atoms with van der Waals surface area (Å²) in [6.07, 6.45) is 2.26. The topological polar surface area (TPSA) is 105 Å². The number of amides is 4. The van der Waals surface area contributed by atoms with Crippen LogP contribution in [-0.4, -0.2) is 47.8 Å². The van der Waals surface area contributed by atoms with E-state index in [1.54, 1.807) is 18.2 Å². The number of piperidine rings is 1. The number of imide groups is 1. The second kappa shape index (κ2) is 9.38. The van der Waals surface area contributed by atoms with Crippen LogP contribution in [0.4, 0.5) is 0 Å². The molecule has 1 unspecified atom stereocenters. The minimum atomic E-state index is -0.675. The van der Waals surface area contributed by atoms with Gasteiger partial charge in [0.1, 0.15) is 6.04 Å². The van der Waals surface area contributed by atoms with E-state index in [1.165, 1.54) is 4.90 Å². The lowest BCUT2D eigenvalue weighted by molar-refractivity contribution is -0.136. The summed E-state index contributed by atoms with van der Waals surface area (Å²) in [6, 6.07) is 14.2. The molecule has 8 heteroatoms. The predicted molar refractivity (Wildman–Crippen MR) is 123 cm³/mol. The van der Waals surface area contributed by atoms with E-state index in [4.69, 9.17) is 4.74 Å². The lowest BCUT2D eigenvalue weighted by Crippen LogP contribution is -2.52. The lowest BCUT2D eigenvalue weighted by atomic mass is 9.87. The quantitative estimate of drug-likeness (QED) is 0.665. The van der Waals surface area contributed by atoms with Crippen LogP contribution in [0.25, 0.3) is 0 Å². The fraction of sp³-hybridized carbons (Fsp3) is 0.385. The number of carbonyl (C=O) groups excluding carboxylic acids is 4. The first-order valence-corrected chi connectivity index (χ1v) is 11.7. The monoisotopic (exact) mass is 461 g/mol. The average Bonchev–Trinajstić information content (AvgIpc) is 3.19. The maximum Gasteiger partial charge on any atom is 0.255 e. The number of ether oxygens (including phenoxy) is 1. The Bertz CT molecular complexity index is 1130. The van der Waals surface area contributed by atoms with Gasteiger partial charge in [-0.1, -0.05) is 30.3 Å². The van der Waals surface area contributed by atoms with Crippen molar-refractivity contribution in [1.82, 2.24) is 15.5 Å². The van der Waals surface area contributed by atoms with E-state index < -0.39 is 11.9 Å². The van der Waals surface area contributed by atoms with E-state index in [1.807, 2.05) is 30.3 Å². The molecular weight excluding hydrogens is 434 g/mol. The van der Waals surface area contributed by atoms with Crippen molar-refractivity contribution in [2.45, 2.75) is 44.3 Å². The Morgan fingerprint density at radius 2 is 1.79 bits per heavy atom. The fourth-order valence-electron chi connectivity index (χ4n) is 5.12. The van der Waals surface area contributed by atoms with E-state index in [-0.39, 0.29) is 42.6 Å². The molecule has 3 heterocycles. The third-order valence-electron chi connectivity index (χ3n) is 6.97. The predicted octanol–water partition coefficient (Wildman–Crippen LogP) is 2.35. The first kappa shape index (κ1) is 22.3. The van der Waals surface area contributed by atoms with Crippen LogP contribution in [0.1, 0.15) is 63.6 Å². The van der Waals surface area contributed by atoms with Crippen molar-refractivity contribution in [1.29, 1.82) is 0 Å². The molecule has 2 fully saturated rings. The average molecular weight is 462 g/mol. The Morgan fingerprint density at radius 1 is 1.03 bits per heavy atom. The van der Waals surface area contributed by atoms with Crippen LogP contribution < -0.4 is 10.6 Å². The molecule has 4 amide bonds. The molecule has 3 aliphatic rings. The zero-order chi connectivity index (χ0) is 23.7. The first-order chi connectivity index (χ1) is 16.5. The van der Waals surface area contributed by atoms with Gasteiger partial charge in [-0.15, -0.1) is 0 Å². The zero-order valence-electron chi connectivity index (χ0n) is 18.8. The summed E-state index contributed by atoms with van der Waals surface area (Å²) < 4.78 is 5.51. The number of benzene rings is 2. The lowest BCUT2D eigenvalue weighted by Gasteiger charge is -2.31. The molecule has 0 aromatic heterocycles. The molecule has 2 N–H and O–H groups in total. The first-order valence-electron chi connectivity index (χ1n) is 11.7. The van der Waals surface area contributed by atoms with Gasteiger partial charge < -0.3 is 15.0 Å². The number of carbonyl (C=O) groups is 4. The number of hydrogen-bond donors (Lipinski definition) is 2. The SMILES string of the molecule is O=C1CCC(N2Cc3cc(C(=O)N[C@@H](c4ccccc4)C4CCOCC4)ccc3C2=O)C(=O)N1. The van der Waals surface area contributed by atoms with Crippen LogP contribution in [0.5, 0.6) is 0 Å². The van der Waals surface area contributed by atoms with Crippen molar-refractivity contribution in [3.8, 4) is 0 Å². The number of rotatable bonds is 5. The summed E-state index contributed by atoms with van der Waals surface area (Å²) in [7, 11) is 0. The van der Waals surface area contributed by atoms with Crippen LogP contribution in [0, 0.1) is 5.92 Å². The zero-order valence-corrected chi connectivity index (χ0v) is 18.8. The molecule has 2 saturated heterocycles. The van der Waals surface area contributed by atoms with Gasteiger partial charge in [-0.25, -0.2) is 0 Å². The van der Waals surface area contributed by atoms with Crippen LogP contribution >= 0.6 is 0 Å². The second-order valence-corrected chi connectivity index (χ2v) is 9.08. The largest absolute Gasteiger partial charge is 0.381 e.